The fourth-order valence-corrected chi connectivity index (χ4v) is 3.15. The Morgan fingerprint density at radius 3 is 2.40 bits per heavy atom. The minimum Gasteiger partial charge on any atom is -0.493 e. The van der Waals surface area contributed by atoms with Crippen LogP contribution in [0.4, 0.5) is 10.5 Å². The Hall–Kier alpha value is -4.05. The number of hydrogen-bond acceptors (Lipinski definition) is 5. The molecule has 2 aromatic rings. The number of barbiturate groups is 1. The van der Waals surface area contributed by atoms with E-state index in [4.69, 9.17) is 15.9 Å². The zero-order chi connectivity index (χ0) is 21.8. The monoisotopic (exact) mass is 404 g/mol. The number of aryl methyl sites for hydroxylation is 2. The Balaban J connectivity index is 1.99. The first-order valence-electron chi connectivity index (χ1n) is 9.08. The van der Waals surface area contributed by atoms with Crippen LogP contribution in [0.25, 0.3) is 6.08 Å². The molecule has 30 heavy (non-hydrogen) atoms. The molecule has 1 heterocycles. The van der Waals surface area contributed by atoms with Gasteiger partial charge in [-0.1, -0.05) is 18.1 Å². The summed E-state index contributed by atoms with van der Waals surface area (Å²) in [5, 5.41) is 2.22. The van der Waals surface area contributed by atoms with E-state index in [9.17, 15) is 14.4 Å². The quantitative estimate of drug-likeness (QED) is 0.471. The Labute approximate surface area is 174 Å². The summed E-state index contributed by atoms with van der Waals surface area (Å²) in [6.07, 6.45) is 6.60. The predicted molar refractivity (Wildman–Crippen MR) is 112 cm³/mol. The van der Waals surface area contributed by atoms with E-state index in [1.807, 2.05) is 19.9 Å². The van der Waals surface area contributed by atoms with Crippen molar-refractivity contribution in [3.05, 3.63) is 58.7 Å². The number of amides is 4. The van der Waals surface area contributed by atoms with Gasteiger partial charge in [-0.2, -0.15) is 0 Å². The van der Waals surface area contributed by atoms with Gasteiger partial charge in [-0.15, -0.1) is 6.42 Å². The van der Waals surface area contributed by atoms with Crippen LogP contribution in [0.2, 0.25) is 0 Å². The molecule has 7 nitrogen and oxygen atoms in total. The second-order valence-electron chi connectivity index (χ2n) is 6.71. The van der Waals surface area contributed by atoms with E-state index in [1.165, 1.54) is 13.2 Å². The molecule has 0 aromatic heterocycles. The molecule has 0 spiro atoms. The van der Waals surface area contributed by atoms with Crippen molar-refractivity contribution < 1.29 is 23.9 Å². The van der Waals surface area contributed by atoms with E-state index >= 15 is 0 Å². The smallest absolute Gasteiger partial charge is 0.335 e. The minimum atomic E-state index is -0.789. The second kappa shape index (κ2) is 8.53. The van der Waals surface area contributed by atoms with Crippen molar-refractivity contribution in [3.8, 4) is 23.8 Å². The number of carbonyl (C=O) groups is 3. The fraction of sp³-hybridized carbons (Fsp3) is 0.174. The van der Waals surface area contributed by atoms with Crippen LogP contribution in [-0.4, -0.2) is 31.6 Å². The zero-order valence-electron chi connectivity index (χ0n) is 16.8. The van der Waals surface area contributed by atoms with Gasteiger partial charge in [-0.05, 0) is 60.9 Å². The van der Waals surface area contributed by atoms with Gasteiger partial charge in [0.2, 0.25) is 0 Å². The normalized spacial score (nSPS) is 15.1. The molecule has 4 amide bonds. The van der Waals surface area contributed by atoms with Crippen molar-refractivity contribution in [2.24, 2.45) is 0 Å². The molecule has 152 valence electrons. The van der Waals surface area contributed by atoms with Crippen molar-refractivity contribution in [2.45, 2.75) is 13.8 Å². The first kappa shape index (κ1) is 20.7. The summed E-state index contributed by atoms with van der Waals surface area (Å²) in [7, 11) is 1.47. The third-order valence-electron chi connectivity index (χ3n) is 4.38. The SMILES string of the molecule is C#CCOc1ccc(C=C2C(=O)NC(=O)N(c3cc(C)cc(C)c3)C2=O)cc1OC. The van der Waals surface area contributed by atoms with Gasteiger partial charge in [-0.3, -0.25) is 14.9 Å². The average Bonchev–Trinajstić information content (AvgIpc) is 2.69. The van der Waals surface area contributed by atoms with Crippen molar-refractivity contribution in [3.63, 3.8) is 0 Å². The maximum absolute atomic E-state index is 13.0. The second-order valence-corrected chi connectivity index (χ2v) is 6.71. The lowest BCUT2D eigenvalue weighted by atomic mass is 10.0. The molecule has 1 aliphatic rings. The lowest BCUT2D eigenvalue weighted by Gasteiger charge is -2.27. The Morgan fingerprint density at radius 1 is 1.07 bits per heavy atom. The van der Waals surface area contributed by atoms with Crippen molar-refractivity contribution in [2.75, 3.05) is 18.6 Å². The molecule has 1 saturated heterocycles. The number of carbonyl (C=O) groups excluding carboxylic acids is 3. The number of benzene rings is 2. The summed E-state index contributed by atoms with van der Waals surface area (Å²) in [5.41, 5.74) is 2.52. The number of imide groups is 2. The van der Waals surface area contributed by atoms with Gasteiger partial charge < -0.3 is 9.47 Å². The maximum atomic E-state index is 13.0. The number of nitrogens with one attached hydrogen (secondary N) is 1. The molecular formula is C23H20N2O5. The van der Waals surface area contributed by atoms with Crippen molar-refractivity contribution in [1.29, 1.82) is 0 Å². The summed E-state index contributed by atoms with van der Waals surface area (Å²) in [4.78, 5) is 38.7. The fourth-order valence-electron chi connectivity index (χ4n) is 3.15. The molecule has 1 fully saturated rings. The maximum Gasteiger partial charge on any atom is 0.335 e. The summed E-state index contributed by atoms with van der Waals surface area (Å²) in [6, 6.07) is 9.44. The van der Waals surface area contributed by atoms with Crippen LogP contribution in [-0.2, 0) is 9.59 Å². The number of ether oxygens (including phenoxy) is 2. The summed E-state index contributed by atoms with van der Waals surface area (Å²) in [5.74, 6) is 1.72. The molecular weight excluding hydrogens is 384 g/mol. The highest BCUT2D eigenvalue weighted by molar-refractivity contribution is 6.39. The first-order valence-corrected chi connectivity index (χ1v) is 9.08. The van der Waals surface area contributed by atoms with Gasteiger partial charge >= 0.3 is 6.03 Å². The van der Waals surface area contributed by atoms with Crippen LogP contribution in [0.5, 0.6) is 11.5 Å². The van der Waals surface area contributed by atoms with Crippen LogP contribution in [0, 0.1) is 26.2 Å². The van der Waals surface area contributed by atoms with Crippen LogP contribution < -0.4 is 19.7 Å². The standard InChI is InChI=1S/C23H20N2O5/c1-5-8-30-19-7-6-16(13-20(19)29-4)12-18-21(26)24-23(28)25(22(18)27)17-10-14(2)9-15(3)11-17/h1,6-7,9-13H,8H2,2-4H3,(H,24,26,28). The van der Waals surface area contributed by atoms with E-state index < -0.39 is 17.8 Å². The average molecular weight is 404 g/mol. The van der Waals surface area contributed by atoms with Gasteiger partial charge in [0, 0.05) is 0 Å². The molecule has 0 saturated carbocycles. The van der Waals surface area contributed by atoms with Gasteiger partial charge in [0.05, 0.1) is 12.8 Å². The summed E-state index contributed by atoms with van der Waals surface area (Å²) >= 11 is 0. The van der Waals surface area contributed by atoms with Crippen LogP contribution in [0.15, 0.2) is 42.0 Å². The first-order chi connectivity index (χ1) is 14.3. The molecule has 3 rings (SSSR count). The molecule has 1 aliphatic heterocycles. The van der Waals surface area contributed by atoms with Crippen LogP contribution in [0.1, 0.15) is 16.7 Å². The Kier molecular flexibility index (Phi) is 5.88. The number of terminal acetylenes is 1. The lowest BCUT2D eigenvalue weighted by Crippen LogP contribution is -2.54. The zero-order valence-corrected chi connectivity index (χ0v) is 16.8. The third kappa shape index (κ3) is 4.18. The largest absolute Gasteiger partial charge is 0.493 e. The number of hydrogen-bond donors (Lipinski definition) is 1. The van der Waals surface area contributed by atoms with Gasteiger partial charge in [-0.25, -0.2) is 9.69 Å². The third-order valence-corrected chi connectivity index (χ3v) is 4.38. The number of urea groups is 1. The highest BCUT2D eigenvalue weighted by atomic mass is 16.5. The van der Waals surface area contributed by atoms with Crippen molar-refractivity contribution in [1.82, 2.24) is 5.32 Å². The van der Waals surface area contributed by atoms with E-state index in [1.54, 1.807) is 30.3 Å². The summed E-state index contributed by atoms with van der Waals surface area (Å²) in [6.45, 7) is 3.80. The van der Waals surface area contributed by atoms with Gasteiger partial charge in [0.25, 0.3) is 11.8 Å². The van der Waals surface area contributed by atoms with E-state index in [0.717, 1.165) is 16.0 Å². The Bertz CT molecular complexity index is 1090. The number of nitrogens with zero attached hydrogens (tertiary/aromatic N) is 1. The molecule has 0 bridgehead atoms. The van der Waals surface area contributed by atoms with Gasteiger partial charge in [0.1, 0.15) is 12.2 Å². The highest BCUT2D eigenvalue weighted by Gasteiger charge is 2.37. The molecule has 0 radical (unpaired) electrons. The van der Waals surface area contributed by atoms with Crippen LogP contribution >= 0.6 is 0 Å². The van der Waals surface area contributed by atoms with Crippen molar-refractivity contribution >= 4 is 29.6 Å². The number of rotatable bonds is 5. The predicted octanol–water partition coefficient (Wildman–Crippen LogP) is 2.99. The van der Waals surface area contributed by atoms with Crippen LogP contribution in [0.3, 0.4) is 0 Å². The van der Waals surface area contributed by atoms with E-state index in [0.29, 0.717) is 22.7 Å². The molecule has 0 atom stereocenters. The lowest BCUT2D eigenvalue weighted by molar-refractivity contribution is -0.122. The van der Waals surface area contributed by atoms with E-state index in [-0.39, 0.29) is 12.2 Å². The minimum absolute atomic E-state index is 0.0741. The highest BCUT2D eigenvalue weighted by Crippen LogP contribution is 2.30. The van der Waals surface area contributed by atoms with Gasteiger partial charge in [0.15, 0.2) is 11.5 Å². The summed E-state index contributed by atoms with van der Waals surface area (Å²) < 4.78 is 10.7. The molecule has 0 aliphatic carbocycles. The molecule has 2 aromatic carbocycles. The number of methoxy groups -OCH3 is 1. The topological polar surface area (TPSA) is 84.9 Å². The molecule has 0 unspecified atom stereocenters. The Morgan fingerprint density at radius 2 is 1.77 bits per heavy atom. The molecule has 1 N–H and O–H groups in total. The van der Waals surface area contributed by atoms with E-state index in [2.05, 4.69) is 11.2 Å². The number of anilines is 1. The molecule has 7 heteroatoms.